The predicted octanol–water partition coefficient (Wildman–Crippen LogP) is 4.61. The zero-order valence-corrected chi connectivity index (χ0v) is 18.6. The summed E-state index contributed by atoms with van der Waals surface area (Å²) in [6, 6.07) is 4.86. The van der Waals surface area contributed by atoms with Gasteiger partial charge in [-0.05, 0) is 38.8 Å². The molecule has 1 aliphatic carbocycles. The van der Waals surface area contributed by atoms with Gasteiger partial charge in [-0.25, -0.2) is 4.98 Å². The molecule has 0 aliphatic heterocycles. The molecule has 25 heavy (non-hydrogen) atoms. The lowest BCUT2D eigenvalue weighted by Gasteiger charge is -2.16. The van der Waals surface area contributed by atoms with Crippen LogP contribution in [0.4, 0.5) is 0 Å². The molecule has 0 bridgehead atoms. The number of aliphatic imine (C=N–C) groups is 1. The second kappa shape index (κ2) is 10.3. The minimum absolute atomic E-state index is 0. The van der Waals surface area contributed by atoms with Gasteiger partial charge < -0.3 is 10.6 Å². The Kier molecular flexibility index (Phi) is 8.38. The Bertz CT molecular complexity index is 712. The van der Waals surface area contributed by atoms with Crippen molar-refractivity contribution in [2.24, 2.45) is 4.99 Å². The Morgan fingerprint density at radius 2 is 2.12 bits per heavy atom. The van der Waals surface area contributed by atoms with E-state index in [9.17, 15) is 0 Å². The molecule has 3 rings (SSSR count). The summed E-state index contributed by atoms with van der Waals surface area (Å²) < 4.78 is 0. The summed E-state index contributed by atoms with van der Waals surface area (Å²) in [6.45, 7) is 5.84. The maximum atomic E-state index is 4.72. The van der Waals surface area contributed by atoms with E-state index in [-0.39, 0.29) is 24.0 Å². The number of rotatable bonds is 6. The molecule has 0 radical (unpaired) electrons. The fourth-order valence-electron chi connectivity index (χ4n) is 2.65. The largest absolute Gasteiger partial charge is 0.357 e. The van der Waals surface area contributed by atoms with Crippen LogP contribution in [0.1, 0.15) is 29.7 Å². The maximum Gasteiger partial charge on any atom is 0.191 e. The van der Waals surface area contributed by atoms with Crippen LogP contribution in [-0.4, -0.2) is 30.1 Å². The summed E-state index contributed by atoms with van der Waals surface area (Å²) in [7, 11) is 0. The average Bonchev–Trinajstić information content (AvgIpc) is 3.29. The molecule has 0 fully saturated rings. The maximum absolute atomic E-state index is 4.72. The molecule has 1 aliphatic rings. The molecule has 4 nitrogen and oxygen atoms in total. The number of thiophene rings is 1. The van der Waals surface area contributed by atoms with Crippen LogP contribution in [0.5, 0.6) is 0 Å². The molecule has 7 heteroatoms. The van der Waals surface area contributed by atoms with Crippen molar-refractivity contribution in [1.29, 1.82) is 0 Å². The number of hydrogen-bond acceptors (Lipinski definition) is 4. The second-order valence-electron chi connectivity index (χ2n) is 5.81. The van der Waals surface area contributed by atoms with E-state index in [4.69, 9.17) is 4.99 Å². The van der Waals surface area contributed by atoms with Gasteiger partial charge in [0.05, 0.1) is 15.6 Å². The van der Waals surface area contributed by atoms with E-state index >= 15 is 0 Å². The topological polar surface area (TPSA) is 49.3 Å². The van der Waals surface area contributed by atoms with E-state index in [2.05, 4.69) is 52.2 Å². The van der Waals surface area contributed by atoms with E-state index in [1.54, 1.807) is 11.3 Å². The van der Waals surface area contributed by atoms with E-state index in [1.165, 1.54) is 9.75 Å². The highest BCUT2D eigenvalue weighted by Gasteiger charge is 2.11. The Morgan fingerprint density at radius 3 is 2.80 bits per heavy atom. The number of hydrogen-bond donors (Lipinski definition) is 2. The van der Waals surface area contributed by atoms with Gasteiger partial charge in [0.1, 0.15) is 0 Å². The van der Waals surface area contributed by atoms with Gasteiger partial charge in [0, 0.05) is 35.8 Å². The zero-order valence-electron chi connectivity index (χ0n) is 14.6. The Morgan fingerprint density at radius 1 is 1.32 bits per heavy atom. The predicted molar refractivity (Wildman–Crippen MR) is 121 cm³/mol. The number of aromatic nitrogens is 1. The van der Waals surface area contributed by atoms with Gasteiger partial charge in [0.2, 0.25) is 0 Å². The van der Waals surface area contributed by atoms with Crippen LogP contribution in [0.3, 0.4) is 0 Å². The molecular formula is C18H25IN4S2. The third-order valence-electron chi connectivity index (χ3n) is 3.85. The van der Waals surface area contributed by atoms with Crippen molar-refractivity contribution < 1.29 is 0 Å². The molecule has 2 N–H and O–H groups in total. The molecule has 136 valence electrons. The van der Waals surface area contributed by atoms with Crippen LogP contribution >= 0.6 is 46.7 Å². The summed E-state index contributed by atoms with van der Waals surface area (Å²) in [5, 5.41) is 10.1. The first-order valence-corrected chi connectivity index (χ1v) is 10.1. The summed E-state index contributed by atoms with van der Waals surface area (Å²) >= 11 is 3.52. The number of aryl methyl sites for hydroxylation is 1. The minimum atomic E-state index is 0. The molecule has 0 aromatic carbocycles. The molecule has 0 unspecified atom stereocenters. The fourth-order valence-corrected chi connectivity index (χ4v) is 4.30. The van der Waals surface area contributed by atoms with E-state index in [0.717, 1.165) is 49.0 Å². The van der Waals surface area contributed by atoms with Crippen LogP contribution in [-0.2, 0) is 6.42 Å². The lowest BCUT2D eigenvalue weighted by molar-refractivity contribution is 0.633. The molecule has 2 aromatic heterocycles. The highest BCUT2D eigenvalue weighted by molar-refractivity contribution is 14.0. The van der Waals surface area contributed by atoms with Crippen molar-refractivity contribution in [2.45, 2.75) is 39.2 Å². The first-order valence-electron chi connectivity index (χ1n) is 8.45. The normalized spacial score (nSPS) is 14.6. The third kappa shape index (κ3) is 6.07. The molecule has 2 aromatic rings. The molecule has 0 saturated heterocycles. The fraction of sp³-hybridized carbons (Fsp3) is 0.444. The van der Waals surface area contributed by atoms with Gasteiger partial charge in [0.25, 0.3) is 0 Å². The summed E-state index contributed by atoms with van der Waals surface area (Å²) in [5.41, 5.74) is 1.10. The van der Waals surface area contributed by atoms with Crippen molar-refractivity contribution in [3.8, 4) is 10.6 Å². The van der Waals surface area contributed by atoms with Crippen molar-refractivity contribution in [2.75, 3.05) is 13.1 Å². The molecule has 0 atom stereocenters. The molecule has 0 saturated carbocycles. The van der Waals surface area contributed by atoms with Crippen LogP contribution in [0.25, 0.3) is 10.6 Å². The van der Waals surface area contributed by atoms with Gasteiger partial charge >= 0.3 is 0 Å². The quantitative estimate of drug-likeness (QED) is 0.270. The zero-order chi connectivity index (χ0) is 16.8. The Hall–Kier alpha value is -0.930. The van der Waals surface area contributed by atoms with Gasteiger partial charge in [-0.15, -0.1) is 46.7 Å². The van der Waals surface area contributed by atoms with Gasteiger partial charge in [0.15, 0.2) is 5.96 Å². The van der Waals surface area contributed by atoms with Crippen LogP contribution in [0.15, 0.2) is 34.7 Å². The molecule has 0 amide bonds. The Balaban J connectivity index is 0.00000225. The number of guanidine groups is 1. The lowest BCUT2D eigenvalue weighted by Crippen LogP contribution is -2.42. The van der Waals surface area contributed by atoms with Crippen LogP contribution in [0, 0.1) is 6.92 Å². The van der Waals surface area contributed by atoms with Crippen molar-refractivity contribution >= 4 is 52.6 Å². The van der Waals surface area contributed by atoms with E-state index < -0.39 is 0 Å². The Labute approximate surface area is 174 Å². The number of halogens is 1. The van der Waals surface area contributed by atoms with Crippen molar-refractivity contribution in [3.05, 3.63) is 39.5 Å². The summed E-state index contributed by atoms with van der Waals surface area (Å²) in [5.74, 6) is 0.929. The van der Waals surface area contributed by atoms with Crippen molar-refractivity contribution in [1.82, 2.24) is 15.6 Å². The molecular weight excluding hydrogens is 463 g/mol. The lowest BCUT2D eigenvalue weighted by atomic mass is 10.2. The van der Waals surface area contributed by atoms with Gasteiger partial charge in [-0.1, -0.05) is 12.2 Å². The summed E-state index contributed by atoms with van der Waals surface area (Å²) in [6.07, 6.45) is 7.61. The second-order valence-corrected chi connectivity index (χ2v) is 8.04. The first-order chi connectivity index (χ1) is 11.7. The standard InChI is InChI=1S/C18H24N4S2.HI/c1-3-19-18(22-14-6-4-5-7-14)20-11-10-15-8-9-17(24-15)16-12-23-13(2)21-16;/h4-5,8-9,12,14H,3,6-7,10-11H2,1-2H3,(H2,19,20,22);1H. The van der Waals surface area contributed by atoms with Gasteiger partial charge in [-0.3, -0.25) is 4.99 Å². The number of nitrogens with one attached hydrogen (secondary N) is 2. The smallest absolute Gasteiger partial charge is 0.191 e. The first kappa shape index (κ1) is 20.4. The number of nitrogens with zero attached hydrogens (tertiary/aromatic N) is 2. The SMILES string of the molecule is CCNC(=NCCc1ccc(-c2csc(C)n2)s1)NC1CC=CC1.I. The average molecular weight is 488 g/mol. The van der Waals surface area contributed by atoms with E-state index in [1.807, 2.05) is 18.3 Å². The van der Waals surface area contributed by atoms with Crippen LogP contribution in [0.2, 0.25) is 0 Å². The highest BCUT2D eigenvalue weighted by atomic mass is 127. The highest BCUT2D eigenvalue weighted by Crippen LogP contribution is 2.29. The number of thiazole rings is 1. The summed E-state index contributed by atoms with van der Waals surface area (Å²) in [4.78, 5) is 11.9. The third-order valence-corrected chi connectivity index (χ3v) is 5.80. The molecule has 0 spiro atoms. The monoisotopic (exact) mass is 488 g/mol. The molecule has 2 heterocycles. The van der Waals surface area contributed by atoms with Crippen molar-refractivity contribution in [3.63, 3.8) is 0 Å². The van der Waals surface area contributed by atoms with Crippen LogP contribution < -0.4 is 10.6 Å². The van der Waals surface area contributed by atoms with Gasteiger partial charge in [-0.2, -0.15) is 0 Å². The minimum Gasteiger partial charge on any atom is -0.357 e. The van der Waals surface area contributed by atoms with E-state index in [0.29, 0.717) is 6.04 Å².